The zero-order chi connectivity index (χ0) is 8.53. The van der Waals surface area contributed by atoms with Gasteiger partial charge >= 0.3 is 0 Å². The highest BCUT2D eigenvalue weighted by molar-refractivity contribution is 14.1. The molecule has 0 rings (SSSR count). The number of halogens is 1. The summed E-state index contributed by atoms with van der Waals surface area (Å²) < 4.78 is 1.27. The van der Waals surface area contributed by atoms with E-state index in [1.54, 1.807) is 6.92 Å². The molecule has 0 N–H and O–H groups in total. The fourth-order valence-corrected chi connectivity index (χ4v) is 1.54. The Morgan fingerprint density at radius 1 is 1.09 bits per heavy atom. The molecular weight excluding hydrogens is 251 g/mol. The van der Waals surface area contributed by atoms with Gasteiger partial charge in [0, 0.05) is 6.42 Å². The monoisotopic (exact) mass is 268 g/mol. The average Bonchev–Trinajstić information content (AvgIpc) is 1.96. The Morgan fingerprint density at radius 3 is 2.18 bits per heavy atom. The first-order valence-electron chi connectivity index (χ1n) is 4.32. The van der Waals surface area contributed by atoms with Gasteiger partial charge in [-0.3, -0.25) is 0 Å². The Hall–Kier alpha value is 0.400. The topological polar surface area (TPSA) is 17.1 Å². The Bertz CT molecular complexity index is 102. The van der Waals surface area contributed by atoms with Gasteiger partial charge in [0.1, 0.15) is 5.78 Å². The third-order valence-corrected chi connectivity index (χ3v) is 2.43. The molecule has 0 amide bonds. The summed E-state index contributed by atoms with van der Waals surface area (Å²) in [6.45, 7) is 1.67. The van der Waals surface area contributed by atoms with Crippen LogP contribution in [0.15, 0.2) is 0 Å². The molecule has 0 unspecified atom stereocenters. The number of rotatable bonds is 7. The van der Waals surface area contributed by atoms with E-state index in [-0.39, 0.29) is 0 Å². The number of hydrogen-bond acceptors (Lipinski definition) is 1. The summed E-state index contributed by atoms with van der Waals surface area (Å²) in [5.41, 5.74) is 0. The lowest BCUT2D eigenvalue weighted by Crippen LogP contribution is -1.89. The maximum atomic E-state index is 10.5. The van der Waals surface area contributed by atoms with Crippen molar-refractivity contribution in [3.8, 4) is 0 Å². The Labute approximate surface area is 83.1 Å². The molecule has 0 fully saturated rings. The van der Waals surface area contributed by atoms with Gasteiger partial charge in [-0.15, -0.1) is 0 Å². The van der Waals surface area contributed by atoms with E-state index < -0.39 is 0 Å². The van der Waals surface area contributed by atoms with Gasteiger partial charge in [-0.2, -0.15) is 0 Å². The largest absolute Gasteiger partial charge is 0.300 e. The number of ketones is 1. The standard InChI is InChI=1S/C9H17IO/c1-9(11)7-5-3-2-4-6-8-10/h2-8H2,1H3. The Kier molecular flexibility index (Phi) is 8.81. The van der Waals surface area contributed by atoms with Gasteiger partial charge in [-0.05, 0) is 24.2 Å². The maximum absolute atomic E-state index is 10.5. The fraction of sp³-hybridized carbons (Fsp3) is 0.889. The molecule has 0 aliphatic heterocycles. The first-order chi connectivity index (χ1) is 5.27. The maximum Gasteiger partial charge on any atom is 0.129 e. The molecule has 11 heavy (non-hydrogen) atoms. The SMILES string of the molecule is CC(=O)CCCCCCCI. The van der Waals surface area contributed by atoms with Gasteiger partial charge in [0.25, 0.3) is 0 Å². The average molecular weight is 268 g/mol. The quantitative estimate of drug-likeness (QED) is 0.393. The van der Waals surface area contributed by atoms with Gasteiger partial charge in [0.05, 0.1) is 0 Å². The first-order valence-corrected chi connectivity index (χ1v) is 5.85. The summed E-state index contributed by atoms with van der Waals surface area (Å²) >= 11 is 2.40. The van der Waals surface area contributed by atoms with Crippen molar-refractivity contribution in [3.05, 3.63) is 0 Å². The van der Waals surface area contributed by atoms with Crippen molar-refractivity contribution in [1.29, 1.82) is 0 Å². The zero-order valence-electron chi connectivity index (χ0n) is 7.24. The number of alkyl halides is 1. The van der Waals surface area contributed by atoms with Crippen molar-refractivity contribution in [2.75, 3.05) is 4.43 Å². The molecule has 0 spiro atoms. The van der Waals surface area contributed by atoms with Gasteiger partial charge in [-0.25, -0.2) is 0 Å². The number of unbranched alkanes of at least 4 members (excludes halogenated alkanes) is 4. The summed E-state index contributed by atoms with van der Waals surface area (Å²) in [5, 5.41) is 0. The molecule has 0 aromatic heterocycles. The lowest BCUT2D eigenvalue weighted by molar-refractivity contribution is -0.117. The van der Waals surface area contributed by atoms with E-state index in [2.05, 4.69) is 22.6 Å². The molecule has 1 nitrogen and oxygen atoms in total. The van der Waals surface area contributed by atoms with Crippen molar-refractivity contribution in [2.24, 2.45) is 0 Å². The number of carbonyl (C=O) groups excluding carboxylic acids is 1. The molecule has 0 heterocycles. The molecular formula is C9H17IO. The van der Waals surface area contributed by atoms with Gasteiger partial charge in [0.2, 0.25) is 0 Å². The molecule has 0 saturated carbocycles. The van der Waals surface area contributed by atoms with Crippen LogP contribution in [0.25, 0.3) is 0 Å². The Morgan fingerprint density at radius 2 is 1.64 bits per heavy atom. The summed E-state index contributed by atoms with van der Waals surface area (Å²) in [6.07, 6.45) is 7.08. The van der Waals surface area contributed by atoms with Crippen LogP contribution in [0, 0.1) is 0 Å². The lowest BCUT2D eigenvalue weighted by atomic mass is 10.1. The molecule has 66 valence electrons. The van der Waals surface area contributed by atoms with E-state index in [9.17, 15) is 4.79 Å². The van der Waals surface area contributed by atoms with E-state index in [0.29, 0.717) is 5.78 Å². The second-order valence-corrected chi connectivity index (χ2v) is 3.99. The number of Topliss-reactive ketones (excluding diaryl/α,β-unsaturated/α-hetero) is 1. The van der Waals surface area contributed by atoms with Crippen molar-refractivity contribution in [3.63, 3.8) is 0 Å². The summed E-state index contributed by atoms with van der Waals surface area (Å²) in [5.74, 6) is 0.332. The molecule has 0 aromatic carbocycles. The van der Waals surface area contributed by atoms with Crippen molar-refractivity contribution < 1.29 is 4.79 Å². The van der Waals surface area contributed by atoms with Gasteiger partial charge < -0.3 is 4.79 Å². The van der Waals surface area contributed by atoms with Crippen LogP contribution >= 0.6 is 22.6 Å². The highest BCUT2D eigenvalue weighted by Crippen LogP contribution is 2.06. The van der Waals surface area contributed by atoms with Crippen LogP contribution in [0.3, 0.4) is 0 Å². The van der Waals surface area contributed by atoms with Crippen LogP contribution in [0.4, 0.5) is 0 Å². The summed E-state index contributed by atoms with van der Waals surface area (Å²) in [6, 6.07) is 0. The second-order valence-electron chi connectivity index (χ2n) is 2.91. The van der Waals surface area contributed by atoms with Crippen molar-refractivity contribution in [2.45, 2.75) is 45.4 Å². The molecule has 0 aliphatic rings. The Balaban J connectivity index is 2.85. The summed E-state index contributed by atoms with van der Waals surface area (Å²) in [7, 11) is 0. The predicted molar refractivity (Wildman–Crippen MR) is 57.3 cm³/mol. The second kappa shape index (κ2) is 8.50. The van der Waals surface area contributed by atoms with Gasteiger partial charge in [-0.1, -0.05) is 41.9 Å². The summed E-state index contributed by atoms with van der Waals surface area (Å²) in [4.78, 5) is 10.5. The van der Waals surface area contributed by atoms with Crippen molar-refractivity contribution >= 4 is 28.4 Å². The third-order valence-electron chi connectivity index (χ3n) is 1.66. The number of carbonyl (C=O) groups is 1. The third kappa shape index (κ3) is 10.4. The molecule has 0 aliphatic carbocycles. The minimum Gasteiger partial charge on any atom is -0.300 e. The van der Waals surface area contributed by atoms with Gasteiger partial charge in [0.15, 0.2) is 0 Å². The molecule has 0 atom stereocenters. The highest BCUT2D eigenvalue weighted by Gasteiger charge is 1.93. The van der Waals surface area contributed by atoms with Crippen LogP contribution < -0.4 is 0 Å². The minimum absolute atomic E-state index is 0.332. The molecule has 0 radical (unpaired) electrons. The lowest BCUT2D eigenvalue weighted by Gasteiger charge is -1.97. The minimum atomic E-state index is 0.332. The van der Waals surface area contributed by atoms with Crippen LogP contribution in [0.5, 0.6) is 0 Å². The van der Waals surface area contributed by atoms with E-state index in [0.717, 1.165) is 12.8 Å². The normalized spacial score (nSPS) is 10.0. The van der Waals surface area contributed by atoms with Crippen LogP contribution in [-0.2, 0) is 4.79 Å². The first kappa shape index (κ1) is 11.4. The highest BCUT2D eigenvalue weighted by atomic mass is 127. The zero-order valence-corrected chi connectivity index (χ0v) is 9.39. The van der Waals surface area contributed by atoms with Crippen LogP contribution in [-0.4, -0.2) is 10.2 Å². The molecule has 0 aromatic rings. The predicted octanol–water partition coefficient (Wildman–Crippen LogP) is 3.35. The molecule has 2 heteroatoms. The molecule has 0 saturated heterocycles. The smallest absolute Gasteiger partial charge is 0.129 e. The van der Waals surface area contributed by atoms with E-state index >= 15 is 0 Å². The van der Waals surface area contributed by atoms with E-state index in [4.69, 9.17) is 0 Å². The van der Waals surface area contributed by atoms with Crippen LogP contribution in [0.1, 0.15) is 45.4 Å². The number of hydrogen-bond donors (Lipinski definition) is 0. The van der Waals surface area contributed by atoms with E-state index in [1.807, 2.05) is 0 Å². The van der Waals surface area contributed by atoms with Crippen LogP contribution in [0.2, 0.25) is 0 Å². The molecule has 0 bridgehead atoms. The fourth-order valence-electron chi connectivity index (χ4n) is 0.999. The van der Waals surface area contributed by atoms with Crippen molar-refractivity contribution in [1.82, 2.24) is 0 Å². The van der Waals surface area contributed by atoms with E-state index in [1.165, 1.54) is 30.1 Å².